The van der Waals surface area contributed by atoms with Gasteiger partial charge in [-0.05, 0) is 57.8 Å². The van der Waals surface area contributed by atoms with Crippen molar-refractivity contribution in [1.29, 1.82) is 0 Å². The largest absolute Gasteiger partial charge is 0.337 e. The van der Waals surface area contributed by atoms with Crippen LogP contribution in [0.25, 0.3) is 10.9 Å². The van der Waals surface area contributed by atoms with Crippen LogP contribution >= 0.6 is 0 Å². The molecule has 1 aliphatic carbocycles. The molecule has 2 heterocycles. The van der Waals surface area contributed by atoms with Gasteiger partial charge >= 0.3 is 0 Å². The van der Waals surface area contributed by atoms with Crippen LogP contribution < -0.4 is 0 Å². The first kappa shape index (κ1) is 18.5. The lowest BCUT2D eigenvalue weighted by Gasteiger charge is -2.35. The summed E-state index contributed by atoms with van der Waals surface area (Å²) in [7, 11) is 4.29. The van der Waals surface area contributed by atoms with Crippen LogP contribution in [0.5, 0.6) is 0 Å². The van der Waals surface area contributed by atoms with Gasteiger partial charge in [0.2, 0.25) is 0 Å². The number of amides is 1. The Morgan fingerprint density at radius 2 is 1.74 bits per heavy atom. The van der Waals surface area contributed by atoms with Crippen molar-refractivity contribution in [3.63, 3.8) is 0 Å². The molecule has 1 aromatic carbocycles. The summed E-state index contributed by atoms with van der Waals surface area (Å²) < 4.78 is 2.33. The molecule has 4 rings (SSSR count). The molecule has 2 aliphatic rings. The Morgan fingerprint density at radius 3 is 2.44 bits per heavy atom. The molecular weight excluding hydrogens is 334 g/mol. The number of rotatable bonds is 4. The lowest BCUT2D eigenvalue weighted by atomic mass is 9.89. The molecule has 0 spiro atoms. The number of carbonyl (C=O) groups excluding carboxylic acids is 1. The van der Waals surface area contributed by atoms with Crippen molar-refractivity contribution >= 4 is 16.8 Å². The number of fused-ring (bicyclic) bond motifs is 1. The number of piperidine rings is 1. The van der Waals surface area contributed by atoms with Crippen LogP contribution in [-0.4, -0.2) is 53.5 Å². The Kier molecular flexibility index (Phi) is 5.53. The second-order valence-electron chi connectivity index (χ2n) is 8.69. The normalized spacial score (nSPS) is 19.9. The van der Waals surface area contributed by atoms with E-state index in [0.717, 1.165) is 38.2 Å². The number of hydrogen-bond acceptors (Lipinski definition) is 2. The topological polar surface area (TPSA) is 28.5 Å². The monoisotopic (exact) mass is 367 g/mol. The maximum atomic E-state index is 13.4. The molecule has 0 unspecified atom stereocenters. The van der Waals surface area contributed by atoms with Crippen molar-refractivity contribution < 1.29 is 4.79 Å². The third-order valence-corrected chi connectivity index (χ3v) is 6.68. The predicted octanol–water partition coefficient (Wildman–Crippen LogP) is 4.39. The average molecular weight is 368 g/mol. The van der Waals surface area contributed by atoms with Gasteiger partial charge in [0.25, 0.3) is 5.91 Å². The molecule has 1 amide bonds. The minimum atomic E-state index is 0.221. The van der Waals surface area contributed by atoms with Crippen LogP contribution in [0.15, 0.2) is 30.3 Å². The molecule has 1 aromatic heterocycles. The number of likely N-dealkylation sites (tertiary alicyclic amines) is 1. The highest BCUT2D eigenvalue weighted by Gasteiger charge is 2.27. The molecule has 4 nitrogen and oxygen atoms in total. The summed E-state index contributed by atoms with van der Waals surface area (Å²) in [6, 6.07) is 11.2. The first-order valence-corrected chi connectivity index (χ1v) is 10.7. The van der Waals surface area contributed by atoms with E-state index in [1.807, 2.05) is 0 Å². The predicted molar refractivity (Wildman–Crippen MR) is 111 cm³/mol. The molecule has 0 atom stereocenters. The first-order valence-electron chi connectivity index (χ1n) is 10.7. The fourth-order valence-electron chi connectivity index (χ4n) is 4.96. The Balaban J connectivity index is 1.58. The molecular formula is C23H33N3O. The highest BCUT2D eigenvalue weighted by molar-refractivity contribution is 5.98. The molecule has 2 aromatic rings. The maximum Gasteiger partial charge on any atom is 0.270 e. The molecule has 27 heavy (non-hydrogen) atoms. The van der Waals surface area contributed by atoms with Gasteiger partial charge < -0.3 is 14.4 Å². The molecule has 2 fully saturated rings. The molecule has 0 bridgehead atoms. The van der Waals surface area contributed by atoms with Gasteiger partial charge in [-0.2, -0.15) is 0 Å². The summed E-state index contributed by atoms with van der Waals surface area (Å²) in [5.41, 5.74) is 2.11. The van der Waals surface area contributed by atoms with Gasteiger partial charge in [-0.15, -0.1) is 0 Å². The van der Waals surface area contributed by atoms with E-state index in [2.05, 4.69) is 58.8 Å². The van der Waals surface area contributed by atoms with Gasteiger partial charge in [-0.1, -0.05) is 37.5 Å². The van der Waals surface area contributed by atoms with E-state index in [0.29, 0.717) is 12.0 Å². The number of benzene rings is 1. The van der Waals surface area contributed by atoms with Crippen molar-refractivity contribution in [3.05, 3.63) is 36.0 Å². The number of nitrogens with zero attached hydrogens (tertiary/aromatic N) is 3. The highest BCUT2D eigenvalue weighted by atomic mass is 16.2. The summed E-state index contributed by atoms with van der Waals surface area (Å²) in [5.74, 6) is 0.930. The molecule has 0 radical (unpaired) electrons. The molecule has 0 N–H and O–H groups in total. The summed E-state index contributed by atoms with van der Waals surface area (Å²) in [5, 5.41) is 1.19. The molecule has 4 heteroatoms. The lowest BCUT2D eigenvalue weighted by molar-refractivity contribution is 0.0651. The fourth-order valence-corrected chi connectivity index (χ4v) is 4.96. The third kappa shape index (κ3) is 3.91. The molecule has 1 saturated heterocycles. The van der Waals surface area contributed by atoms with Crippen molar-refractivity contribution in [2.24, 2.45) is 5.92 Å². The molecule has 1 saturated carbocycles. The van der Waals surface area contributed by atoms with E-state index in [9.17, 15) is 4.79 Å². The molecule has 1 aliphatic heterocycles. The van der Waals surface area contributed by atoms with Gasteiger partial charge in [-0.3, -0.25) is 4.79 Å². The SMILES string of the molecule is CN(C)C1CCN(C(=O)c2cc3ccccc3n2CC2CCCCC2)CC1. The summed E-state index contributed by atoms with van der Waals surface area (Å²) in [6.07, 6.45) is 8.79. The number of hydrogen-bond donors (Lipinski definition) is 0. The summed E-state index contributed by atoms with van der Waals surface area (Å²) in [4.78, 5) is 17.8. The van der Waals surface area contributed by atoms with E-state index in [1.54, 1.807) is 0 Å². The Morgan fingerprint density at radius 1 is 1.04 bits per heavy atom. The minimum Gasteiger partial charge on any atom is -0.337 e. The summed E-state index contributed by atoms with van der Waals surface area (Å²) in [6.45, 7) is 2.72. The maximum absolute atomic E-state index is 13.4. The van der Waals surface area contributed by atoms with Crippen molar-refractivity contribution in [2.45, 2.75) is 57.5 Å². The van der Waals surface area contributed by atoms with Crippen molar-refractivity contribution in [2.75, 3.05) is 27.2 Å². The van der Waals surface area contributed by atoms with Crippen LogP contribution in [0.4, 0.5) is 0 Å². The van der Waals surface area contributed by atoms with E-state index < -0.39 is 0 Å². The Labute approximate surface area is 163 Å². The molecule has 146 valence electrons. The van der Waals surface area contributed by atoms with Crippen LogP contribution in [0, 0.1) is 5.92 Å². The smallest absolute Gasteiger partial charge is 0.270 e. The average Bonchev–Trinajstić information content (AvgIpc) is 3.07. The van der Waals surface area contributed by atoms with Gasteiger partial charge in [0.05, 0.1) is 0 Å². The minimum absolute atomic E-state index is 0.221. The van der Waals surface area contributed by atoms with Gasteiger partial charge in [-0.25, -0.2) is 0 Å². The van der Waals surface area contributed by atoms with Crippen LogP contribution in [0.1, 0.15) is 55.4 Å². The van der Waals surface area contributed by atoms with E-state index >= 15 is 0 Å². The highest BCUT2D eigenvalue weighted by Crippen LogP contribution is 2.29. The van der Waals surface area contributed by atoms with Crippen LogP contribution in [0.2, 0.25) is 0 Å². The van der Waals surface area contributed by atoms with E-state index in [-0.39, 0.29) is 5.91 Å². The summed E-state index contributed by atoms with van der Waals surface area (Å²) >= 11 is 0. The van der Waals surface area contributed by atoms with E-state index in [1.165, 1.54) is 43.0 Å². The second kappa shape index (κ2) is 8.05. The van der Waals surface area contributed by atoms with Crippen LogP contribution in [-0.2, 0) is 6.54 Å². The Bertz CT molecular complexity index is 780. The zero-order valence-corrected chi connectivity index (χ0v) is 16.9. The van der Waals surface area contributed by atoms with Gasteiger partial charge in [0, 0.05) is 36.6 Å². The van der Waals surface area contributed by atoms with Gasteiger partial charge in [0.15, 0.2) is 0 Å². The van der Waals surface area contributed by atoms with Crippen molar-refractivity contribution in [1.82, 2.24) is 14.4 Å². The number of aromatic nitrogens is 1. The van der Waals surface area contributed by atoms with E-state index in [4.69, 9.17) is 0 Å². The quantitative estimate of drug-likeness (QED) is 0.802. The number of para-hydroxylation sites is 1. The Hall–Kier alpha value is -1.81. The fraction of sp³-hybridized carbons (Fsp3) is 0.609. The number of carbonyl (C=O) groups is 1. The second-order valence-corrected chi connectivity index (χ2v) is 8.69. The first-order chi connectivity index (χ1) is 13.1. The van der Waals surface area contributed by atoms with Gasteiger partial charge in [0.1, 0.15) is 5.69 Å². The van der Waals surface area contributed by atoms with Crippen molar-refractivity contribution in [3.8, 4) is 0 Å². The van der Waals surface area contributed by atoms with Crippen LogP contribution in [0.3, 0.4) is 0 Å². The lowest BCUT2D eigenvalue weighted by Crippen LogP contribution is -2.45. The zero-order valence-electron chi connectivity index (χ0n) is 16.9. The third-order valence-electron chi connectivity index (χ3n) is 6.68. The standard InChI is InChI=1S/C23H33N3O/c1-24(2)20-12-14-25(15-13-20)23(27)22-16-19-10-6-7-11-21(19)26(22)17-18-8-4-3-5-9-18/h6-7,10-11,16,18,20H,3-5,8-9,12-15,17H2,1-2H3. The zero-order chi connectivity index (χ0) is 18.8.